The van der Waals surface area contributed by atoms with Crippen molar-refractivity contribution in [3.63, 3.8) is 0 Å². The van der Waals surface area contributed by atoms with E-state index in [0.29, 0.717) is 0 Å². The number of amides is 1. The Bertz CT molecular complexity index is 397. The molecule has 1 aliphatic heterocycles. The third-order valence-electron chi connectivity index (χ3n) is 4.78. The monoisotopic (exact) mass is 353 g/mol. The number of ether oxygens (including phenoxy) is 2. The molecule has 1 heterocycles. The molecule has 1 saturated heterocycles. The lowest BCUT2D eigenvalue weighted by molar-refractivity contribution is 0.146. The summed E-state index contributed by atoms with van der Waals surface area (Å²) < 4.78 is 10.2. The quantitative estimate of drug-likeness (QED) is 0.102. The van der Waals surface area contributed by atoms with Gasteiger partial charge in [-0.25, -0.2) is 4.79 Å². The van der Waals surface area contributed by atoms with Crippen LogP contribution in [0.1, 0.15) is 96.8 Å². The fourth-order valence-electron chi connectivity index (χ4n) is 3.16. The van der Waals surface area contributed by atoms with Gasteiger partial charge in [0.05, 0.1) is 6.10 Å². The Balaban J connectivity index is 1.76. The van der Waals surface area contributed by atoms with Gasteiger partial charge in [0.25, 0.3) is 0 Å². The number of carbonyl (C=O) groups excluding carboxylic acids is 1. The van der Waals surface area contributed by atoms with Crippen LogP contribution in [0.4, 0.5) is 4.79 Å². The molecule has 0 N–H and O–H groups in total. The minimum absolute atomic E-state index is 0.00447. The molecule has 1 fully saturated rings. The van der Waals surface area contributed by atoms with Gasteiger partial charge in [-0.3, -0.25) is 0 Å². The average molecular weight is 354 g/mol. The molecule has 6 heteroatoms. The smallest absolute Gasteiger partial charge is 0.396 e. The highest BCUT2D eigenvalue weighted by Gasteiger charge is 2.38. The Morgan fingerprint density at radius 1 is 0.920 bits per heavy atom. The summed E-state index contributed by atoms with van der Waals surface area (Å²) >= 11 is 0. The molecular weight excluding hydrogens is 318 g/mol. The van der Waals surface area contributed by atoms with Crippen LogP contribution in [0.5, 0.6) is 0 Å². The summed E-state index contributed by atoms with van der Waals surface area (Å²) in [4.78, 5) is 13.2. The lowest BCUT2D eigenvalue weighted by atomic mass is 10.0. The lowest BCUT2D eigenvalue weighted by Gasteiger charge is -2.02. The van der Waals surface area contributed by atoms with Crippen LogP contribution >= 0.6 is 0 Å². The molecule has 25 heavy (non-hydrogen) atoms. The second-order valence-electron chi connectivity index (χ2n) is 7.01. The van der Waals surface area contributed by atoms with Crippen molar-refractivity contribution in [3.8, 4) is 0 Å². The van der Waals surface area contributed by atoms with Gasteiger partial charge in [-0.1, -0.05) is 90.4 Å². The van der Waals surface area contributed by atoms with Crippen LogP contribution in [0.2, 0.25) is 0 Å². The zero-order valence-electron chi connectivity index (χ0n) is 15.8. The van der Waals surface area contributed by atoms with Gasteiger partial charge in [0.1, 0.15) is 12.7 Å². The van der Waals surface area contributed by atoms with E-state index in [0.717, 1.165) is 6.42 Å². The maximum absolute atomic E-state index is 10.9. The molecule has 0 aromatic heterocycles. The van der Waals surface area contributed by atoms with E-state index in [1.54, 1.807) is 0 Å². The molecule has 1 amide bonds. The average Bonchev–Trinajstić information content (AvgIpc) is 3.36. The van der Waals surface area contributed by atoms with Crippen molar-refractivity contribution in [3.05, 3.63) is 10.4 Å². The number of hydrogen-bond acceptors (Lipinski definition) is 3. The summed E-state index contributed by atoms with van der Waals surface area (Å²) in [6.45, 7) is 2.46. The standard InChI is InChI=1S/C19H35N3O3/c1-2-3-4-5-6-7-8-9-10-11-12-13-14-15-17-18(25-17)16-24-19(23)21-22-20/h17-18H,2-16H2,1H3. The van der Waals surface area contributed by atoms with Gasteiger partial charge >= 0.3 is 6.09 Å². The first-order valence-corrected chi connectivity index (χ1v) is 10.1. The summed E-state index contributed by atoms with van der Waals surface area (Å²) in [7, 11) is 0. The van der Waals surface area contributed by atoms with Gasteiger partial charge in [-0.2, -0.15) is 0 Å². The summed E-state index contributed by atoms with van der Waals surface area (Å²) in [5.74, 6) is 0. The van der Waals surface area contributed by atoms with E-state index in [4.69, 9.17) is 15.0 Å². The summed E-state index contributed by atoms with van der Waals surface area (Å²) in [6.07, 6.45) is 18.0. The highest BCUT2D eigenvalue weighted by Crippen LogP contribution is 2.28. The minimum Gasteiger partial charge on any atom is -0.458 e. The fraction of sp³-hybridized carbons (Fsp3) is 0.947. The van der Waals surface area contributed by atoms with E-state index in [1.165, 1.54) is 83.5 Å². The van der Waals surface area contributed by atoms with Gasteiger partial charge in [0.15, 0.2) is 0 Å². The predicted molar refractivity (Wildman–Crippen MR) is 99.5 cm³/mol. The van der Waals surface area contributed by atoms with Crippen molar-refractivity contribution in [2.45, 2.75) is 109 Å². The topological polar surface area (TPSA) is 87.6 Å². The van der Waals surface area contributed by atoms with E-state index < -0.39 is 6.09 Å². The van der Waals surface area contributed by atoms with Gasteiger partial charge in [-0.15, -0.1) is 0 Å². The molecular formula is C19H35N3O3. The number of nitrogens with zero attached hydrogens (tertiary/aromatic N) is 3. The zero-order chi connectivity index (χ0) is 18.2. The number of azide groups is 1. The van der Waals surface area contributed by atoms with E-state index >= 15 is 0 Å². The van der Waals surface area contributed by atoms with E-state index in [-0.39, 0.29) is 18.8 Å². The van der Waals surface area contributed by atoms with Crippen molar-refractivity contribution in [1.29, 1.82) is 0 Å². The largest absolute Gasteiger partial charge is 0.458 e. The first kappa shape index (κ1) is 21.8. The number of epoxide rings is 1. The van der Waals surface area contributed by atoms with Gasteiger partial charge < -0.3 is 9.47 Å². The molecule has 6 nitrogen and oxygen atoms in total. The zero-order valence-corrected chi connectivity index (χ0v) is 15.8. The first-order chi connectivity index (χ1) is 12.3. The second kappa shape index (κ2) is 15.0. The van der Waals surface area contributed by atoms with E-state index in [2.05, 4.69) is 16.9 Å². The minimum atomic E-state index is -0.877. The predicted octanol–water partition coefficient (Wildman–Crippen LogP) is 6.68. The Labute approximate surface area is 152 Å². The molecule has 144 valence electrons. The van der Waals surface area contributed by atoms with Crippen LogP contribution in [0.25, 0.3) is 10.4 Å². The van der Waals surface area contributed by atoms with Crippen molar-refractivity contribution < 1.29 is 14.3 Å². The van der Waals surface area contributed by atoms with Gasteiger partial charge in [0, 0.05) is 10.0 Å². The molecule has 0 aromatic carbocycles. The first-order valence-electron chi connectivity index (χ1n) is 10.1. The van der Waals surface area contributed by atoms with E-state index in [9.17, 15) is 4.79 Å². The molecule has 0 saturated carbocycles. The second-order valence-corrected chi connectivity index (χ2v) is 7.01. The molecule has 0 aromatic rings. The molecule has 0 bridgehead atoms. The van der Waals surface area contributed by atoms with Crippen molar-refractivity contribution in [2.75, 3.05) is 6.61 Å². The molecule has 1 rings (SSSR count). The maximum Gasteiger partial charge on any atom is 0.396 e. The third kappa shape index (κ3) is 12.7. The lowest BCUT2D eigenvalue weighted by Crippen LogP contribution is -2.07. The van der Waals surface area contributed by atoms with Gasteiger partial charge in [0.2, 0.25) is 0 Å². The summed E-state index contributed by atoms with van der Waals surface area (Å²) in [6, 6.07) is 0. The normalized spacial score (nSPS) is 18.6. The highest BCUT2D eigenvalue weighted by atomic mass is 16.6. The van der Waals surface area contributed by atoms with Crippen LogP contribution in [-0.2, 0) is 9.47 Å². The van der Waals surface area contributed by atoms with Crippen molar-refractivity contribution in [2.24, 2.45) is 5.11 Å². The maximum atomic E-state index is 10.9. The Morgan fingerprint density at radius 3 is 1.96 bits per heavy atom. The van der Waals surface area contributed by atoms with Crippen molar-refractivity contribution in [1.82, 2.24) is 0 Å². The molecule has 0 radical (unpaired) electrons. The summed E-state index contributed by atoms with van der Waals surface area (Å²) in [5, 5.41) is 2.85. The molecule has 2 atom stereocenters. The molecule has 0 aliphatic carbocycles. The Kier molecular flexibility index (Phi) is 13.1. The molecule has 2 unspecified atom stereocenters. The van der Waals surface area contributed by atoms with Crippen LogP contribution in [-0.4, -0.2) is 24.9 Å². The van der Waals surface area contributed by atoms with Crippen LogP contribution < -0.4 is 0 Å². The van der Waals surface area contributed by atoms with Crippen LogP contribution in [0.3, 0.4) is 0 Å². The SMILES string of the molecule is CCCCCCCCCCCCCCCC1OC1COC(=O)N=[N+]=[N-]. The fourth-order valence-corrected chi connectivity index (χ4v) is 3.16. The Morgan fingerprint density at radius 2 is 1.44 bits per heavy atom. The van der Waals surface area contributed by atoms with Crippen molar-refractivity contribution >= 4 is 6.09 Å². The van der Waals surface area contributed by atoms with Crippen LogP contribution in [0.15, 0.2) is 5.11 Å². The third-order valence-corrected chi connectivity index (χ3v) is 4.78. The molecule has 1 aliphatic rings. The number of unbranched alkanes of at least 4 members (excludes halogenated alkanes) is 12. The van der Waals surface area contributed by atoms with Gasteiger partial charge in [-0.05, 0) is 12.0 Å². The molecule has 0 spiro atoms. The Hall–Kier alpha value is -1.26. The number of carbonyl (C=O) groups is 1. The number of hydrogen-bond donors (Lipinski definition) is 0. The number of rotatable bonds is 16. The highest BCUT2D eigenvalue weighted by molar-refractivity contribution is 5.67. The summed E-state index contributed by atoms with van der Waals surface area (Å²) in [5.41, 5.74) is 8.08. The van der Waals surface area contributed by atoms with E-state index in [1.807, 2.05) is 0 Å². The van der Waals surface area contributed by atoms with Crippen LogP contribution in [0, 0.1) is 0 Å².